The number of hydrogen-bond donors (Lipinski definition) is 0. The van der Waals surface area contributed by atoms with Gasteiger partial charge in [-0.05, 0) is 25.0 Å². The first-order chi connectivity index (χ1) is 9.76. The van der Waals surface area contributed by atoms with Gasteiger partial charge in [-0.15, -0.1) is 0 Å². The number of carbonyl (C=O) groups is 1. The van der Waals surface area contributed by atoms with E-state index in [4.69, 9.17) is 14.2 Å². The highest BCUT2D eigenvalue weighted by Crippen LogP contribution is 2.37. The number of para-hydroxylation sites is 1. The molecule has 0 aliphatic heterocycles. The second-order valence-electron chi connectivity index (χ2n) is 5.08. The van der Waals surface area contributed by atoms with Crippen molar-refractivity contribution in [3.63, 3.8) is 0 Å². The molecule has 1 aromatic rings. The molecule has 0 aromatic heterocycles. The number of hydrogen-bond acceptors (Lipinski definition) is 4. The Morgan fingerprint density at radius 3 is 2.25 bits per heavy atom. The molecule has 20 heavy (non-hydrogen) atoms. The van der Waals surface area contributed by atoms with Gasteiger partial charge in [0.1, 0.15) is 6.61 Å². The largest absolute Gasteiger partial charge is 0.493 e. The summed E-state index contributed by atoms with van der Waals surface area (Å²) in [4.78, 5) is 12.2. The van der Waals surface area contributed by atoms with Gasteiger partial charge in [0.25, 0.3) is 0 Å². The summed E-state index contributed by atoms with van der Waals surface area (Å²) in [7, 11) is 3.15. The van der Waals surface area contributed by atoms with Crippen LogP contribution in [0, 0.1) is 5.92 Å². The number of rotatable bonds is 6. The molecule has 0 radical (unpaired) electrons. The van der Waals surface area contributed by atoms with Crippen molar-refractivity contribution in [2.24, 2.45) is 5.92 Å². The van der Waals surface area contributed by atoms with E-state index in [1.54, 1.807) is 26.4 Å². The molecule has 0 saturated heterocycles. The normalized spacial score (nSPS) is 15.7. The van der Waals surface area contributed by atoms with E-state index in [2.05, 4.69) is 0 Å². The second-order valence-corrected chi connectivity index (χ2v) is 5.08. The minimum absolute atomic E-state index is 0.0847. The van der Waals surface area contributed by atoms with E-state index in [1.165, 1.54) is 6.42 Å². The maximum absolute atomic E-state index is 12.2. The van der Waals surface area contributed by atoms with Gasteiger partial charge in [0, 0.05) is 5.92 Å². The molecule has 4 heteroatoms. The molecule has 0 amide bonds. The molecule has 1 fully saturated rings. The van der Waals surface area contributed by atoms with Gasteiger partial charge in [0.15, 0.2) is 17.3 Å². The molecular weight excluding hydrogens is 256 g/mol. The Hall–Kier alpha value is -1.71. The summed E-state index contributed by atoms with van der Waals surface area (Å²) in [6, 6.07) is 5.42. The number of benzene rings is 1. The van der Waals surface area contributed by atoms with Crippen LogP contribution in [0.25, 0.3) is 0 Å². The Kier molecular flexibility index (Phi) is 5.27. The van der Waals surface area contributed by atoms with Crippen molar-refractivity contribution in [2.75, 3.05) is 20.8 Å². The van der Waals surface area contributed by atoms with E-state index < -0.39 is 0 Å². The lowest BCUT2D eigenvalue weighted by molar-refractivity contribution is -0.125. The highest BCUT2D eigenvalue weighted by molar-refractivity contribution is 5.82. The molecule has 0 heterocycles. The molecular formula is C16H22O4. The molecule has 0 N–H and O–H groups in total. The monoisotopic (exact) mass is 278 g/mol. The van der Waals surface area contributed by atoms with E-state index >= 15 is 0 Å². The number of ketones is 1. The topological polar surface area (TPSA) is 44.8 Å². The van der Waals surface area contributed by atoms with Crippen molar-refractivity contribution in [1.29, 1.82) is 0 Å². The van der Waals surface area contributed by atoms with Gasteiger partial charge in [-0.3, -0.25) is 4.79 Å². The quantitative estimate of drug-likeness (QED) is 0.801. The summed E-state index contributed by atoms with van der Waals surface area (Å²) in [6.07, 6.45) is 5.52. The van der Waals surface area contributed by atoms with Gasteiger partial charge in [-0.2, -0.15) is 0 Å². The molecule has 1 aliphatic carbocycles. The summed E-state index contributed by atoms with van der Waals surface area (Å²) < 4.78 is 16.2. The zero-order valence-electron chi connectivity index (χ0n) is 12.2. The smallest absolute Gasteiger partial charge is 0.203 e. The lowest BCUT2D eigenvalue weighted by atomic mass is 9.86. The average molecular weight is 278 g/mol. The van der Waals surface area contributed by atoms with Gasteiger partial charge >= 0.3 is 0 Å². The van der Waals surface area contributed by atoms with Gasteiger partial charge in [-0.1, -0.05) is 25.3 Å². The summed E-state index contributed by atoms with van der Waals surface area (Å²) in [5, 5.41) is 0. The van der Waals surface area contributed by atoms with Crippen molar-refractivity contribution in [1.82, 2.24) is 0 Å². The zero-order valence-corrected chi connectivity index (χ0v) is 12.2. The third-order valence-corrected chi connectivity index (χ3v) is 3.80. The van der Waals surface area contributed by atoms with Gasteiger partial charge in [-0.25, -0.2) is 0 Å². The number of carbonyl (C=O) groups excluding carboxylic acids is 1. The summed E-state index contributed by atoms with van der Waals surface area (Å²) in [6.45, 7) is 0.0847. The highest BCUT2D eigenvalue weighted by Gasteiger charge is 2.22. The Morgan fingerprint density at radius 2 is 1.70 bits per heavy atom. The maximum Gasteiger partial charge on any atom is 0.203 e. The predicted molar refractivity (Wildman–Crippen MR) is 76.6 cm³/mol. The molecule has 0 unspecified atom stereocenters. The van der Waals surface area contributed by atoms with Crippen LogP contribution in [0.15, 0.2) is 18.2 Å². The fourth-order valence-corrected chi connectivity index (χ4v) is 2.65. The SMILES string of the molecule is COc1cccc(OC)c1OCC(=O)C1CCCCC1. The van der Waals surface area contributed by atoms with Crippen LogP contribution in [0.3, 0.4) is 0 Å². The molecule has 1 aliphatic rings. The Balaban J connectivity index is 2.00. The van der Waals surface area contributed by atoms with E-state index in [0.29, 0.717) is 17.2 Å². The first-order valence-electron chi connectivity index (χ1n) is 7.12. The molecule has 0 atom stereocenters. The van der Waals surface area contributed by atoms with Crippen molar-refractivity contribution in [3.8, 4) is 17.2 Å². The highest BCUT2D eigenvalue weighted by atomic mass is 16.5. The third kappa shape index (κ3) is 3.44. The van der Waals surface area contributed by atoms with E-state index in [1.807, 2.05) is 6.07 Å². The molecule has 1 saturated carbocycles. The van der Waals surface area contributed by atoms with Crippen LogP contribution < -0.4 is 14.2 Å². The summed E-state index contributed by atoms with van der Waals surface area (Å²) in [5.74, 6) is 2.00. The second kappa shape index (κ2) is 7.17. The first kappa shape index (κ1) is 14.7. The van der Waals surface area contributed by atoms with Gasteiger partial charge in [0.2, 0.25) is 5.75 Å². The number of methoxy groups -OCH3 is 2. The Labute approximate surface area is 120 Å². The molecule has 2 rings (SSSR count). The Morgan fingerprint density at radius 1 is 1.10 bits per heavy atom. The minimum atomic E-state index is 0.0847. The standard InChI is InChI=1S/C16H22O4/c1-18-14-9-6-10-15(19-2)16(14)20-11-13(17)12-7-4-3-5-8-12/h6,9-10,12H,3-5,7-8,11H2,1-2H3. The molecule has 110 valence electrons. The zero-order chi connectivity index (χ0) is 14.4. The van der Waals surface area contributed by atoms with Crippen molar-refractivity contribution < 1.29 is 19.0 Å². The van der Waals surface area contributed by atoms with Crippen molar-refractivity contribution in [2.45, 2.75) is 32.1 Å². The minimum Gasteiger partial charge on any atom is -0.493 e. The third-order valence-electron chi connectivity index (χ3n) is 3.80. The van der Waals surface area contributed by atoms with E-state index in [-0.39, 0.29) is 18.3 Å². The van der Waals surface area contributed by atoms with Crippen LogP contribution in [0.5, 0.6) is 17.2 Å². The fourth-order valence-electron chi connectivity index (χ4n) is 2.65. The molecule has 0 spiro atoms. The fraction of sp³-hybridized carbons (Fsp3) is 0.562. The number of ether oxygens (including phenoxy) is 3. The first-order valence-corrected chi connectivity index (χ1v) is 7.12. The van der Waals surface area contributed by atoms with Crippen LogP contribution in [0.1, 0.15) is 32.1 Å². The number of Topliss-reactive ketones (excluding diaryl/α,β-unsaturated/α-hetero) is 1. The van der Waals surface area contributed by atoms with Gasteiger partial charge < -0.3 is 14.2 Å². The lowest BCUT2D eigenvalue weighted by Gasteiger charge is -2.21. The molecule has 0 bridgehead atoms. The van der Waals surface area contributed by atoms with Gasteiger partial charge in [0.05, 0.1) is 14.2 Å². The van der Waals surface area contributed by atoms with Crippen molar-refractivity contribution in [3.05, 3.63) is 18.2 Å². The lowest BCUT2D eigenvalue weighted by Crippen LogP contribution is -2.23. The van der Waals surface area contributed by atoms with Crippen LogP contribution in [-0.2, 0) is 4.79 Å². The average Bonchev–Trinajstić information content (AvgIpc) is 2.52. The summed E-state index contributed by atoms with van der Waals surface area (Å²) >= 11 is 0. The van der Waals surface area contributed by atoms with Crippen LogP contribution in [0.4, 0.5) is 0 Å². The van der Waals surface area contributed by atoms with Crippen LogP contribution in [-0.4, -0.2) is 26.6 Å². The summed E-state index contributed by atoms with van der Waals surface area (Å²) in [5.41, 5.74) is 0. The molecule has 1 aromatic carbocycles. The predicted octanol–water partition coefficient (Wildman–Crippen LogP) is 3.23. The van der Waals surface area contributed by atoms with E-state index in [9.17, 15) is 4.79 Å². The molecule has 4 nitrogen and oxygen atoms in total. The van der Waals surface area contributed by atoms with Crippen LogP contribution >= 0.6 is 0 Å². The van der Waals surface area contributed by atoms with Crippen molar-refractivity contribution >= 4 is 5.78 Å². The van der Waals surface area contributed by atoms with E-state index in [0.717, 1.165) is 25.7 Å². The maximum atomic E-state index is 12.2. The van der Waals surface area contributed by atoms with Crippen LogP contribution in [0.2, 0.25) is 0 Å². The Bertz CT molecular complexity index is 428.